The van der Waals surface area contributed by atoms with E-state index >= 15 is 0 Å². The summed E-state index contributed by atoms with van der Waals surface area (Å²) in [6.45, 7) is 3.99. The molecule has 1 aliphatic heterocycles. The number of benzene rings is 2. The zero-order valence-corrected chi connectivity index (χ0v) is 16.6. The molecule has 152 valence electrons. The maximum atomic E-state index is 12.0. The number of aliphatic hydroxyl groups is 1. The third-order valence-corrected chi connectivity index (χ3v) is 4.92. The Morgan fingerprint density at radius 2 is 2.03 bits per heavy atom. The molecule has 0 radical (unpaired) electrons. The lowest BCUT2D eigenvalue weighted by molar-refractivity contribution is 0.0710. The van der Waals surface area contributed by atoms with Crippen LogP contribution in [0.15, 0.2) is 48.5 Å². The van der Waals surface area contributed by atoms with Gasteiger partial charge in [0.25, 0.3) is 0 Å². The van der Waals surface area contributed by atoms with E-state index in [0.29, 0.717) is 29.8 Å². The van der Waals surface area contributed by atoms with Crippen LogP contribution in [-0.2, 0) is 0 Å². The first-order valence-electron chi connectivity index (χ1n) is 9.91. The first kappa shape index (κ1) is 20.8. The van der Waals surface area contributed by atoms with Gasteiger partial charge in [-0.15, -0.1) is 0 Å². The molecule has 29 heavy (non-hydrogen) atoms. The van der Waals surface area contributed by atoms with E-state index in [2.05, 4.69) is 11.0 Å². The van der Waals surface area contributed by atoms with E-state index in [1.165, 1.54) is 0 Å². The quantitative estimate of drug-likeness (QED) is 0.658. The maximum Gasteiger partial charge on any atom is 0.166 e. The smallest absolute Gasteiger partial charge is 0.166 e. The number of carbonyl (C=O) groups excluding carboxylic acids is 1. The van der Waals surface area contributed by atoms with Gasteiger partial charge in [0.05, 0.1) is 17.2 Å². The van der Waals surface area contributed by atoms with Crippen LogP contribution in [0.4, 0.5) is 0 Å². The zero-order chi connectivity index (χ0) is 20.6. The van der Waals surface area contributed by atoms with Crippen LogP contribution >= 0.6 is 0 Å². The van der Waals surface area contributed by atoms with Crippen molar-refractivity contribution in [1.29, 1.82) is 5.26 Å². The van der Waals surface area contributed by atoms with Gasteiger partial charge in [-0.3, -0.25) is 9.69 Å². The fourth-order valence-electron chi connectivity index (χ4n) is 3.41. The summed E-state index contributed by atoms with van der Waals surface area (Å²) in [4.78, 5) is 14.1. The van der Waals surface area contributed by atoms with E-state index in [4.69, 9.17) is 14.7 Å². The van der Waals surface area contributed by atoms with Gasteiger partial charge in [0, 0.05) is 26.1 Å². The Bertz CT molecular complexity index is 860. The van der Waals surface area contributed by atoms with Crippen LogP contribution < -0.4 is 9.47 Å². The lowest BCUT2D eigenvalue weighted by atomic mass is 10.1. The molecule has 0 bridgehead atoms. The lowest BCUT2D eigenvalue weighted by Gasteiger charge is -2.21. The molecule has 2 unspecified atom stereocenters. The average molecular weight is 394 g/mol. The minimum atomic E-state index is -0.659. The summed E-state index contributed by atoms with van der Waals surface area (Å²) in [6, 6.07) is 16.3. The highest BCUT2D eigenvalue weighted by molar-refractivity contribution is 5.98. The standard InChI is InChI=1S/C23H26N2O4/c1-2-22(27)21-5-3-4-6-23(21)28-16-18(26)14-25-12-11-20(15-25)29-19-9-7-17(13-24)8-10-19/h3-10,18,20,26H,2,11-12,14-16H2,1H3. The Morgan fingerprint density at radius 1 is 1.28 bits per heavy atom. The number of likely N-dealkylation sites (tertiary alicyclic amines) is 1. The Hall–Kier alpha value is -2.88. The van der Waals surface area contributed by atoms with Crippen molar-refractivity contribution in [1.82, 2.24) is 4.90 Å². The number of para-hydroxylation sites is 1. The van der Waals surface area contributed by atoms with Crippen LogP contribution in [-0.4, -0.2) is 54.2 Å². The van der Waals surface area contributed by atoms with Crippen molar-refractivity contribution in [2.75, 3.05) is 26.2 Å². The van der Waals surface area contributed by atoms with E-state index in [1.54, 1.807) is 36.4 Å². The molecule has 0 amide bonds. The molecule has 1 N–H and O–H groups in total. The summed E-state index contributed by atoms with van der Waals surface area (Å²) < 4.78 is 11.7. The minimum absolute atomic E-state index is 0.0254. The second-order valence-electron chi connectivity index (χ2n) is 7.16. The maximum absolute atomic E-state index is 12.0. The summed E-state index contributed by atoms with van der Waals surface area (Å²) in [5.41, 5.74) is 1.16. The zero-order valence-electron chi connectivity index (χ0n) is 16.6. The molecule has 0 spiro atoms. The third-order valence-electron chi connectivity index (χ3n) is 4.92. The van der Waals surface area contributed by atoms with Crippen LogP contribution in [0.3, 0.4) is 0 Å². The third kappa shape index (κ3) is 5.80. The molecule has 0 aliphatic carbocycles. The summed E-state index contributed by atoms with van der Waals surface area (Å²) in [6.07, 6.45) is 0.686. The van der Waals surface area contributed by atoms with Crippen molar-refractivity contribution in [3.63, 3.8) is 0 Å². The van der Waals surface area contributed by atoms with Crippen LogP contribution in [0.1, 0.15) is 35.7 Å². The van der Waals surface area contributed by atoms with E-state index in [9.17, 15) is 9.90 Å². The van der Waals surface area contributed by atoms with E-state index < -0.39 is 6.10 Å². The van der Waals surface area contributed by atoms with Gasteiger partial charge in [-0.05, 0) is 42.8 Å². The second kappa shape index (κ2) is 10.1. The van der Waals surface area contributed by atoms with E-state index in [-0.39, 0.29) is 18.5 Å². The molecule has 0 aromatic heterocycles. The fourth-order valence-corrected chi connectivity index (χ4v) is 3.41. The van der Waals surface area contributed by atoms with Crippen molar-refractivity contribution in [2.45, 2.75) is 32.0 Å². The summed E-state index contributed by atoms with van der Waals surface area (Å²) in [5.74, 6) is 1.29. The molecule has 6 nitrogen and oxygen atoms in total. The van der Waals surface area contributed by atoms with Gasteiger partial charge in [-0.2, -0.15) is 5.26 Å². The number of rotatable bonds is 9. The van der Waals surface area contributed by atoms with Gasteiger partial charge in [0.15, 0.2) is 5.78 Å². The Kier molecular flexibility index (Phi) is 7.23. The van der Waals surface area contributed by atoms with Gasteiger partial charge in [-0.25, -0.2) is 0 Å². The molecule has 2 aromatic carbocycles. The fraction of sp³-hybridized carbons (Fsp3) is 0.391. The van der Waals surface area contributed by atoms with Gasteiger partial charge in [0.2, 0.25) is 0 Å². The number of nitrogens with zero attached hydrogens (tertiary/aromatic N) is 2. The van der Waals surface area contributed by atoms with Crippen LogP contribution in [0, 0.1) is 11.3 Å². The Morgan fingerprint density at radius 3 is 2.76 bits per heavy atom. The average Bonchev–Trinajstić information content (AvgIpc) is 3.19. The number of hydrogen-bond donors (Lipinski definition) is 1. The van der Waals surface area contributed by atoms with Gasteiger partial charge >= 0.3 is 0 Å². The number of nitriles is 1. The Labute approximate surface area is 171 Å². The first-order chi connectivity index (χ1) is 14.1. The van der Waals surface area contributed by atoms with Crippen molar-refractivity contribution >= 4 is 5.78 Å². The molecule has 1 saturated heterocycles. The molecular formula is C23H26N2O4. The number of Topliss-reactive ketones (excluding diaryl/α,β-unsaturated/α-hetero) is 1. The van der Waals surface area contributed by atoms with E-state index in [0.717, 1.165) is 25.3 Å². The van der Waals surface area contributed by atoms with E-state index in [1.807, 2.05) is 19.1 Å². The van der Waals surface area contributed by atoms with Crippen molar-refractivity contribution < 1.29 is 19.4 Å². The number of hydrogen-bond acceptors (Lipinski definition) is 6. The molecule has 2 aromatic rings. The van der Waals surface area contributed by atoms with Crippen LogP contribution in [0.2, 0.25) is 0 Å². The molecule has 6 heteroatoms. The first-order valence-corrected chi connectivity index (χ1v) is 9.91. The predicted octanol–water partition coefficient (Wildman–Crippen LogP) is 3.04. The lowest BCUT2D eigenvalue weighted by Crippen LogP contribution is -2.35. The molecule has 0 saturated carbocycles. The second-order valence-corrected chi connectivity index (χ2v) is 7.16. The highest BCUT2D eigenvalue weighted by atomic mass is 16.5. The number of ether oxygens (including phenoxy) is 2. The molecule has 3 rings (SSSR count). The van der Waals surface area contributed by atoms with Crippen molar-refractivity contribution in [3.05, 3.63) is 59.7 Å². The molecule has 2 atom stereocenters. The largest absolute Gasteiger partial charge is 0.490 e. The summed E-state index contributed by atoms with van der Waals surface area (Å²) in [7, 11) is 0. The van der Waals surface area contributed by atoms with Gasteiger partial charge in [0.1, 0.15) is 30.3 Å². The number of β-amino-alcohol motifs (C(OH)–C–C–N with tert-alkyl or cyclic N) is 1. The molecule has 1 aliphatic rings. The monoisotopic (exact) mass is 394 g/mol. The van der Waals surface area contributed by atoms with Gasteiger partial charge in [-0.1, -0.05) is 19.1 Å². The minimum Gasteiger partial charge on any atom is -0.490 e. The normalized spacial score (nSPS) is 17.5. The highest BCUT2D eigenvalue weighted by Crippen LogP contribution is 2.21. The van der Waals surface area contributed by atoms with Crippen LogP contribution in [0.25, 0.3) is 0 Å². The topological polar surface area (TPSA) is 82.8 Å². The molecule has 1 fully saturated rings. The van der Waals surface area contributed by atoms with Gasteiger partial charge < -0.3 is 14.6 Å². The number of ketones is 1. The van der Waals surface area contributed by atoms with Crippen molar-refractivity contribution in [2.24, 2.45) is 0 Å². The summed E-state index contributed by atoms with van der Waals surface area (Å²) >= 11 is 0. The van der Waals surface area contributed by atoms with Crippen LogP contribution in [0.5, 0.6) is 11.5 Å². The number of aliphatic hydroxyl groups excluding tert-OH is 1. The highest BCUT2D eigenvalue weighted by Gasteiger charge is 2.26. The molecular weight excluding hydrogens is 368 g/mol. The molecule has 1 heterocycles. The number of carbonyl (C=O) groups is 1. The predicted molar refractivity (Wildman–Crippen MR) is 109 cm³/mol. The van der Waals surface area contributed by atoms with Crippen molar-refractivity contribution in [3.8, 4) is 17.6 Å². The SMILES string of the molecule is CCC(=O)c1ccccc1OCC(O)CN1CCC(Oc2ccc(C#N)cc2)C1. The Balaban J connectivity index is 1.45. The summed E-state index contributed by atoms with van der Waals surface area (Å²) in [5, 5.41) is 19.2.